The maximum Gasteiger partial charge on any atom is 0.277 e. The third-order valence-corrected chi connectivity index (χ3v) is 4.09. The molecule has 0 radical (unpaired) electrons. The second-order valence-electron chi connectivity index (χ2n) is 6.36. The van der Waals surface area contributed by atoms with Crippen LogP contribution in [0.4, 0.5) is 0 Å². The lowest BCUT2D eigenvalue weighted by molar-refractivity contribution is -0.123. The number of hydrogen-bond donors (Lipinski definition) is 1. The highest BCUT2D eigenvalue weighted by Crippen LogP contribution is 2.28. The summed E-state index contributed by atoms with van der Waals surface area (Å²) in [5.41, 5.74) is 6.52. The molecule has 1 amide bonds. The van der Waals surface area contributed by atoms with Gasteiger partial charge in [-0.1, -0.05) is 6.07 Å². The number of hydrazone groups is 1. The van der Waals surface area contributed by atoms with Gasteiger partial charge in [-0.05, 0) is 81.1 Å². The van der Waals surface area contributed by atoms with Crippen molar-refractivity contribution in [3.05, 3.63) is 52.6 Å². The zero-order valence-corrected chi connectivity index (χ0v) is 17.2. The number of nitrogens with zero attached hydrogens (tertiary/aromatic N) is 1. The number of carbonyl (C=O) groups excluding carboxylic acids is 1. The summed E-state index contributed by atoms with van der Waals surface area (Å²) in [7, 11) is 0. The first-order chi connectivity index (χ1) is 13.4. The Kier molecular flexibility index (Phi) is 7.87. The fraction of sp³-hybridized carbons (Fsp3) is 0.364. The van der Waals surface area contributed by atoms with Gasteiger partial charge in [0.1, 0.15) is 5.75 Å². The predicted molar refractivity (Wildman–Crippen MR) is 111 cm³/mol. The van der Waals surface area contributed by atoms with Crippen LogP contribution in [0.1, 0.15) is 36.1 Å². The molecule has 2 aromatic carbocycles. The number of aryl methyl sites for hydroxylation is 2. The molecule has 0 aliphatic heterocycles. The molecule has 2 aromatic rings. The number of amides is 1. The molecule has 6 heteroatoms. The molecule has 0 saturated heterocycles. The molecule has 0 aliphatic rings. The lowest BCUT2D eigenvalue weighted by Gasteiger charge is -2.12. The Morgan fingerprint density at radius 2 is 1.68 bits per heavy atom. The first-order valence-electron chi connectivity index (χ1n) is 9.36. The van der Waals surface area contributed by atoms with Gasteiger partial charge in [0, 0.05) is 0 Å². The van der Waals surface area contributed by atoms with Gasteiger partial charge < -0.3 is 14.2 Å². The average molecular weight is 384 g/mol. The minimum absolute atomic E-state index is 0.103. The van der Waals surface area contributed by atoms with Gasteiger partial charge in [-0.15, -0.1) is 0 Å². The van der Waals surface area contributed by atoms with Gasteiger partial charge in [-0.25, -0.2) is 5.43 Å². The standard InChI is InChI=1S/C22H28N2O4/c1-6-26-19-9-8-18(12-21(19)27-7-2)13-23-24-22(25)14-28-20-11-15(3)10-16(4)17(20)5/h8-13H,6-7,14H2,1-5H3,(H,24,25)/b23-13+. The number of benzene rings is 2. The molecule has 0 atom stereocenters. The van der Waals surface area contributed by atoms with Crippen LogP contribution in [0.5, 0.6) is 17.2 Å². The van der Waals surface area contributed by atoms with Crippen LogP contribution in [-0.4, -0.2) is 31.9 Å². The number of ether oxygens (including phenoxy) is 3. The van der Waals surface area contributed by atoms with Crippen molar-refractivity contribution in [3.63, 3.8) is 0 Å². The van der Waals surface area contributed by atoms with E-state index in [1.165, 1.54) is 0 Å². The number of carbonyl (C=O) groups is 1. The Morgan fingerprint density at radius 1 is 0.964 bits per heavy atom. The first-order valence-corrected chi connectivity index (χ1v) is 9.36. The molecule has 150 valence electrons. The Labute approximate surface area is 166 Å². The van der Waals surface area contributed by atoms with Crippen LogP contribution in [0.3, 0.4) is 0 Å². The van der Waals surface area contributed by atoms with Crippen molar-refractivity contribution in [2.75, 3.05) is 19.8 Å². The van der Waals surface area contributed by atoms with Crippen molar-refractivity contribution in [1.82, 2.24) is 5.43 Å². The van der Waals surface area contributed by atoms with Gasteiger partial charge in [0.05, 0.1) is 19.4 Å². The zero-order chi connectivity index (χ0) is 20.5. The van der Waals surface area contributed by atoms with Gasteiger partial charge in [-0.2, -0.15) is 5.10 Å². The van der Waals surface area contributed by atoms with Crippen molar-refractivity contribution in [2.24, 2.45) is 5.10 Å². The van der Waals surface area contributed by atoms with E-state index in [1.807, 2.05) is 58.9 Å². The SMILES string of the molecule is CCOc1ccc(/C=N/NC(=O)COc2cc(C)cc(C)c2C)cc1OCC. The third kappa shape index (κ3) is 6.01. The second kappa shape index (κ2) is 10.3. The normalized spacial score (nSPS) is 10.8. The van der Waals surface area contributed by atoms with Crippen molar-refractivity contribution in [1.29, 1.82) is 0 Å². The van der Waals surface area contributed by atoms with Gasteiger partial charge >= 0.3 is 0 Å². The van der Waals surface area contributed by atoms with E-state index in [1.54, 1.807) is 6.21 Å². The summed E-state index contributed by atoms with van der Waals surface area (Å²) in [5, 5.41) is 3.99. The van der Waals surface area contributed by atoms with Crippen LogP contribution >= 0.6 is 0 Å². The fourth-order valence-electron chi connectivity index (χ4n) is 2.65. The number of rotatable bonds is 9. The number of hydrogen-bond acceptors (Lipinski definition) is 5. The van der Waals surface area contributed by atoms with E-state index < -0.39 is 0 Å². The molecule has 0 heterocycles. The number of nitrogens with one attached hydrogen (secondary N) is 1. The molecule has 0 unspecified atom stereocenters. The molecule has 0 saturated carbocycles. The monoisotopic (exact) mass is 384 g/mol. The molecule has 0 spiro atoms. The van der Waals surface area contributed by atoms with E-state index in [0.717, 1.165) is 22.3 Å². The van der Waals surface area contributed by atoms with E-state index in [0.29, 0.717) is 30.5 Å². The average Bonchev–Trinajstić information content (AvgIpc) is 2.66. The molecule has 28 heavy (non-hydrogen) atoms. The summed E-state index contributed by atoms with van der Waals surface area (Å²) in [5.74, 6) is 1.71. The largest absolute Gasteiger partial charge is 0.490 e. The first kappa shape index (κ1) is 21.3. The molecule has 0 fully saturated rings. The van der Waals surface area contributed by atoms with Crippen molar-refractivity contribution in [3.8, 4) is 17.2 Å². The van der Waals surface area contributed by atoms with Crippen molar-refractivity contribution in [2.45, 2.75) is 34.6 Å². The van der Waals surface area contributed by atoms with Gasteiger partial charge in [0.15, 0.2) is 18.1 Å². The molecule has 0 aromatic heterocycles. The maximum absolute atomic E-state index is 12.0. The van der Waals surface area contributed by atoms with Gasteiger partial charge in [0.25, 0.3) is 5.91 Å². The smallest absolute Gasteiger partial charge is 0.277 e. The second-order valence-corrected chi connectivity index (χ2v) is 6.36. The topological polar surface area (TPSA) is 69.2 Å². The molecule has 0 bridgehead atoms. The predicted octanol–water partition coefficient (Wildman–Crippen LogP) is 3.94. The van der Waals surface area contributed by atoms with Crippen LogP contribution in [0.15, 0.2) is 35.4 Å². The zero-order valence-electron chi connectivity index (χ0n) is 17.2. The van der Waals surface area contributed by atoms with Crippen LogP contribution in [-0.2, 0) is 4.79 Å². The lowest BCUT2D eigenvalue weighted by atomic mass is 10.1. The van der Waals surface area contributed by atoms with E-state index in [9.17, 15) is 4.79 Å². The van der Waals surface area contributed by atoms with Crippen LogP contribution in [0.25, 0.3) is 0 Å². The fourth-order valence-corrected chi connectivity index (χ4v) is 2.65. The summed E-state index contributed by atoms with van der Waals surface area (Å²) in [6, 6.07) is 9.50. The maximum atomic E-state index is 12.0. The summed E-state index contributed by atoms with van der Waals surface area (Å²) in [4.78, 5) is 12.0. The molecule has 6 nitrogen and oxygen atoms in total. The van der Waals surface area contributed by atoms with E-state index >= 15 is 0 Å². The third-order valence-electron chi connectivity index (χ3n) is 4.09. The highest BCUT2D eigenvalue weighted by molar-refractivity contribution is 5.83. The molecule has 0 aliphatic carbocycles. The Morgan fingerprint density at radius 3 is 2.39 bits per heavy atom. The van der Waals surface area contributed by atoms with Crippen molar-refractivity contribution >= 4 is 12.1 Å². The minimum Gasteiger partial charge on any atom is -0.490 e. The van der Waals surface area contributed by atoms with E-state index in [4.69, 9.17) is 14.2 Å². The van der Waals surface area contributed by atoms with Crippen LogP contribution in [0.2, 0.25) is 0 Å². The van der Waals surface area contributed by atoms with Gasteiger partial charge in [0.2, 0.25) is 0 Å². The highest BCUT2D eigenvalue weighted by atomic mass is 16.5. The summed E-state index contributed by atoms with van der Waals surface area (Å²) >= 11 is 0. The summed E-state index contributed by atoms with van der Waals surface area (Å²) < 4.78 is 16.7. The Bertz CT molecular complexity index is 847. The van der Waals surface area contributed by atoms with Gasteiger partial charge in [-0.3, -0.25) is 4.79 Å². The van der Waals surface area contributed by atoms with E-state index in [2.05, 4.69) is 16.6 Å². The quantitative estimate of drug-likeness (QED) is 0.525. The Hall–Kier alpha value is -3.02. The minimum atomic E-state index is -0.328. The summed E-state index contributed by atoms with van der Waals surface area (Å²) in [6.45, 7) is 10.8. The highest BCUT2D eigenvalue weighted by Gasteiger charge is 2.08. The Balaban J connectivity index is 1.93. The van der Waals surface area contributed by atoms with Crippen molar-refractivity contribution < 1.29 is 19.0 Å². The molecule has 2 rings (SSSR count). The molecular formula is C22H28N2O4. The summed E-state index contributed by atoms with van der Waals surface area (Å²) in [6.07, 6.45) is 1.55. The van der Waals surface area contributed by atoms with Crippen LogP contribution < -0.4 is 19.6 Å². The lowest BCUT2D eigenvalue weighted by Crippen LogP contribution is -2.24. The van der Waals surface area contributed by atoms with E-state index in [-0.39, 0.29) is 12.5 Å². The van der Waals surface area contributed by atoms with Crippen LogP contribution in [0, 0.1) is 20.8 Å². The molecule has 1 N–H and O–H groups in total. The molecular weight excluding hydrogens is 356 g/mol.